The van der Waals surface area contributed by atoms with Crippen LogP contribution in [0.1, 0.15) is 22.8 Å². The average molecular weight is 582 g/mol. The fourth-order valence-corrected chi connectivity index (χ4v) is 4.79. The van der Waals surface area contributed by atoms with Crippen LogP contribution in [0.3, 0.4) is 0 Å². The van der Waals surface area contributed by atoms with Crippen LogP contribution in [0.2, 0.25) is 0 Å². The molecule has 0 aliphatic carbocycles. The van der Waals surface area contributed by atoms with Crippen LogP contribution >= 0.6 is 11.8 Å². The van der Waals surface area contributed by atoms with E-state index in [2.05, 4.69) is 16.0 Å². The van der Waals surface area contributed by atoms with Crippen molar-refractivity contribution in [2.24, 2.45) is 0 Å². The van der Waals surface area contributed by atoms with E-state index in [0.29, 0.717) is 34.0 Å². The Morgan fingerprint density at radius 2 is 1.45 bits per heavy atom. The molecule has 0 bridgehead atoms. The predicted octanol–water partition coefficient (Wildman–Crippen LogP) is 6.23. The normalized spacial score (nSPS) is 11.6. The monoisotopic (exact) mass is 581 g/mol. The Kier molecular flexibility index (Phi) is 10.4. The molecule has 0 aromatic heterocycles. The zero-order valence-corrected chi connectivity index (χ0v) is 24.2. The summed E-state index contributed by atoms with van der Waals surface area (Å²) in [5.74, 6) is 0.241. The second-order valence-corrected chi connectivity index (χ2v) is 10.5. The molecule has 42 heavy (non-hydrogen) atoms. The molecule has 0 saturated heterocycles. The fraction of sp³-hybridized carbons (Fsp3) is 0.121. The SMILES string of the molecule is COc1ccc(NC(=O)C(C)Sc2cccc(NC(=O)/C(=C/c3cccc(OC)c3)NC(=O)c3ccccc3)c2)cc1. The molecule has 4 aromatic rings. The molecule has 1 unspecified atom stereocenters. The summed E-state index contributed by atoms with van der Waals surface area (Å²) in [6.07, 6.45) is 1.59. The molecule has 0 heterocycles. The molecule has 4 rings (SSSR count). The van der Waals surface area contributed by atoms with Crippen molar-refractivity contribution >= 4 is 46.9 Å². The third kappa shape index (κ3) is 8.49. The molecule has 214 valence electrons. The number of carbonyl (C=O) groups is 3. The van der Waals surface area contributed by atoms with Crippen molar-refractivity contribution in [1.29, 1.82) is 0 Å². The van der Waals surface area contributed by atoms with Crippen molar-refractivity contribution in [2.45, 2.75) is 17.1 Å². The molecule has 3 N–H and O–H groups in total. The van der Waals surface area contributed by atoms with Gasteiger partial charge in [-0.1, -0.05) is 36.4 Å². The highest BCUT2D eigenvalue weighted by molar-refractivity contribution is 8.00. The largest absolute Gasteiger partial charge is 0.497 e. The standard InChI is InChI=1S/C33H31N3O5S/c1-22(31(37)34-25-15-17-27(40-2)18-16-25)42-29-14-8-12-26(21-29)35-33(39)30(20-23-9-7-13-28(19-23)41-3)36-32(38)24-10-5-4-6-11-24/h4-22H,1-3H3,(H,34,37)(H,35,39)(H,36,38)/b30-20-. The number of rotatable bonds is 11. The molecule has 0 aliphatic rings. The van der Waals surface area contributed by atoms with Gasteiger partial charge in [-0.05, 0) is 85.3 Å². The summed E-state index contributed by atoms with van der Waals surface area (Å²) in [5.41, 5.74) is 2.33. The van der Waals surface area contributed by atoms with Crippen molar-refractivity contribution in [3.63, 3.8) is 0 Å². The summed E-state index contributed by atoms with van der Waals surface area (Å²) in [5, 5.41) is 8.08. The van der Waals surface area contributed by atoms with Gasteiger partial charge in [0.1, 0.15) is 17.2 Å². The van der Waals surface area contributed by atoms with Crippen molar-refractivity contribution in [3.05, 3.63) is 120 Å². The van der Waals surface area contributed by atoms with Crippen LogP contribution in [-0.2, 0) is 9.59 Å². The lowest BCUT2D eigenvalue weighted by molar-refractivity contribution is -0.115. The van der Waals surface area contributed by atoms with Crippen molar-refractivity contribution in [1.82, 2.24) is 5.32 Å². The Balaban J connectivity index is 1.47. The lowest BCUT2D eigenvalue weighted by Gasteiger charge is -2.14. The second-order valence-electron chi connectivity index (χ2n) is 9.11. The van der Waals surface area contributed by atoms with Crippen molar-refractivity contribution in [2.75, 3.05) is 24.9 Å². The lowest BCUT2D eigenvalue weighted by Crippen LogP contribution is -2.30. The first-order valence-corrected chi connectivity index (χ1v) is 14.0. The molecule has 0 spiro atoms. The Labute approximate surface area is 249 Å². The molecular formula is C33H31N3O5S. The van der Waals surface area contributed by atoms with Gasteiger partial charge < -0.3 is 25.4 Å². The maximum Gasteiger partial charge on any atom is 0.272 e. The fourth-order valence-electron chi connectivity index (χ4n) is 3.86. The van der Waals surface area contributed by atoms with E-state index >= 15 is 0 Å². The molecule has 8 nitrogen and oxygen atoms in total. The number of hydrogen-bond acceptors (Lipinski definition) is 6. The number of nitrogens with one attached hydrogen (secondary N) is 3. The van der Waals surface area contributed by atoms with E-state index in [1.807, 2.05) is 19.1 Å². The molecule has 0 saturated carbocycles. The summed E-state index contributed by atoms with van der Waals surface area (Å²) in [4.78, 5) is 39.9. The van der Waals surface area contributed by atoms with Gasteiger partial charge in [-0.3, -0.25) is 14.4 Å². The van der Waals surface area contributed by atoms with E-state index in [0.717, 1.165) is 4.90 Å². The first-order valence-electron chi connectivity index (χ1n) is 13.1. The number of carbonyl (C=O) groups excluding carboxylic acids is 3. The van der Waals surface area contributed by atoms with Gasteiger partial charge in [0.15, 0.2) is 0 Å². The third-order valence-corrected chi connectivity index (χ3v) is 7.16. The molecule has 1 atom stereocenters. The van der Waals surface area contributed by atoms with Crippen LogP contribution in [-0.4, -0.2) is 37.2 Å². The zero-order valence-electron chi connectivity index (χ0n) is 23.4. The molecular weight excluding hydrogens is 550 g/mol. The minimum absolute atomic E-state index is 0.0578. The zero-order chi connectivity index (χ0) is 29.9. The number of amides is 3. The summed E-state index contributed by atoms with van der Waals surface area (Å²) in [6, 6.07) is 30.1. The number of benzene rings is 4. The van der Waals surface area contributed by atoms with Gasteiger partial charge in [0.2, 0.25) is 5.91 Å². The van der Waals surface area contributed by atoms with Crippen LogP contribution in [0.4, 0.5) is 11.4 Å². The quantitative estimate of drug-likeness (QED) is 0.143. The Morgan fingerprint density at radius 3 is 2.17 bits per heavy atom. The Morgan fingerprint density at radius 1 is 0.738 bits per heavy atom. The summed E-state index contributed by atoms with van der Waals surface area (Å²) in [7, 11) is 3.14. The first kappa shape index (κ1) is 30.0. The maximum atomic E-state index is 13.4. The minimum atomic E-state index is -0.505. The van der Waals surface area contributed by atoms with E-state index in [9.17, 15) is 14.4 Å². The van der Waals surface area contributed by atoms with E-state index in [1.54, 1.807) is 111 Å². The van der Waals surface area contributed by atoms with Gasteiger partial charge >= 0.3 is 0 Å². The molecule has 3 amide bonds. The van der Waals surface area contributed by atoms with Crippen molar-refractivity contribution < 1.29 is 23.9 Å². The Hall–Kier alpha value is -5.02. The van der Waals surface area contributed by atoms with Gasteiger partial charge in [0, 0.05) is 21.8 Å². The highest BCUT2D eigenvalue weighted by atomic mass is 32.2. The minimum Gasteiger partial charge on any atom is -0.497 e. The van der Waals surface area contributed by atoms with Crippen LogP contribution in [0.5, 0.6) is 11.5 Å². The van der Waals surface area contributed by atoms with Crippen LogP contribution in [0.25, 0.3) is 6.08 Å². The maximum absolute atomic E-state index is 13.4. The topological polar surface area (TPSA) is 106 Å². The van der Waals surface area contributed by atoms with Crippen LogP contribution in [0, 0.1) is 0 Å². The van der Waals surface area contributed by atoms with Crippen molar-refractivity contribution in [3.8, 4) is 11.5 Å². The second kappa shape index (κ2) is 14.6. The van der Waals surface area contributed by atoms with Gasteiger partial charge in [-0.15, -0.1) is 11.8 Å². The third-order valence-electron chi connectivity index (χ3n) is 6.07. The summed E-state index contributed by atoms with van der Waals surface area (Å²) < 4.78 is 10.5. The molecule has 0 radical (unpaired) electrons. The lowest BCUT2D eigenvalue weighted by atomic mass is 10.1. The Bertz CT molecular complexity index is 1570. The highest BCUT2D eigenvalue weighted by Gasteiger charge is 2.17. The number of hydrogen-bond donors (Lipinski definition) is 3. The summed E-state index contributed by atoms with van der Waals surface area (Å²) >= 11 is 1.36. The average Bonchev–Trinajstić information content (AvgIpc) is 3.01. The predicted molar refractivity (Wildman–Crippen MR) is 167 cm³/mol. The van der Waals surface area contributed by atoms with Gasteiger partial charge in [0.25, 0.3) is 11.8 Å². The van der Waals surface area contributed by atoms with Gasteiger partial charge in [-0.25, -0.2) is 0 Å². The smallest absolute Gasteiger partial charge is 0.272 e. The molecule has 0 fully saturated rings. The van der Waals surface area contributed by atoms with Crippen LogP contribution < -0.4 is 25.4 Å². The van der Waals surface area contributed by atoms with E-state index in [4.69, 9.17) is 9.47 Å². The van der Waals surface area contributed by atoms with E-state index in [-0.39, 0.29) is 11.6 Å². The van der Waals surface area contributed by atoms with Gasteiger partial charge in [0.05, 0.1) is 19.5 Å². The van der Waals surface area contributed by atoms with Gasteiger partial charge in [-0.2, -0.15) is 0 Å². The number of anilines is 2. The highest BCUT2D eigenvalue weighted by Crippen LogP contribution is 2.27. The molecule has 9 heteroatoms. The van der Waals surface area contributed by atoms with E-state index < -0.39 is 17.1 Å². The first-order chi connectivity index (χ1) is 20.3. The molecule has 4 aromatic carbocycles. The number of thioether (sulfide) groups is 1. The number of ether oxygens (including phenoxy) is 2. The van der Waals surface area contributed by atoms with Crippen LogP contribution in [0.15, 0.2) is 114 Å². The number of methoxy groups -OCH3 is 2. The van der Waals surface area contributed by atoms with E-state index in [1.165, 1.54) is 11.8 Å². The summed E-state index contributed by atoms with van der Waals surface area (Å²) in [6.45, 7) is 1.81. The molecule has 0 aliphatic heterocycles.